The average Bonchev–Trinajstić information content (AvgIpc) is 1.98. The third kappa shape index (κ3) is 2.00. The molecule has 1 aromatic rings. The molecule has 0 saturated heterocycles. The number of rotatable bonds is 2. The molecule has 0 atom stereocenters. The molecule has 2 nitrogen and oxygen atoms in total. The number of hydrogen-bond acceptors (Lipinski definition) is 2. The fourth-order valence-electron chi connectivity index (χ4n) is 0.838. The van der Waals surface area contributed by atoms with Crippen LogP contribution in [0.5, 0.6) is 0 Å². The summed E-state index contributed by atoms with van der Waals surface area (Å²) in [6.45, 7) is 1.97. The minimum absolute atomic E-state index is 0.238. The zero-order valence-electron chi connectivity index (χ0n) is 6.26. The van der Waals surface area contributed by atoms with Crippen molar-refractivity contribution in [3.63, 3.8) is 0 Å². The van der Waals surface area contributed by atoms with Gasteiger partial charge in [0.15, 0.2) is 0 Å². The van der Waals surface area contributed by atoms with Crippen molar-refractivity contribution in [1.82, 2.24) is 5.48 Å². The van der Waals surface area contributed by atoms with E-state index in [-0.39, 0.29) is 12.4 Å². The molecule has 1 rings (SSSR count). The van der Waals surface area contributed by atoms with Crippen molar-refractivity contribution in [3.8, 4) is 0 Å². The van der Waals surface area contributed by atoms with E-state index in [0.717, 1.165) is 5.56 Å². The highest BCUT2D eigenvalue weighted by Crippen LogP contribution is 2.08. The van der Waals surface area contributed by atoms with Gasteiger partial charge >= 0.3 is 0 Å². The van der Waals surface area contributed by atoms with Gasteiger partial charge in [0.05, 0.1) is 0 Å². The van der Waals surface area contributed by atoms with Crippen LogP contribution in [0.1, 0.15) is 11.1 Å². The zero-order chi connectivity index (χ0) is 8.27. The molecular weight excluding hydrogens is 145 g/mol. The number of hydrogen-bond donors (Lipinski definition) is 2. The highest BCUT2D eigenvalue weighted by atomic mass is 19.1. The van der Waals surface area contributed by atoms with Gasteiger partial charge in [0.25, 0.3) is 0 Å². The maximum Gasteiger partial charge on any atom is 0.126 e. The minimum atomic E-state index is -0.238. The molecule has 0 aliphatic heterocycles. The van der Waals surface area contributed by atoms with E-state index in [1.54, 1.807) is 19.1 Å². The van der Waals surface area contributed by atoms with E-state index in [4.69, 9.17) is 5.21 Å². The third-order valence-corrected chi connectivity index (χ3v) is 1.52. The molecule has 2 N–H and O–H groups in total. The second-order valence-electron chi connectivity index (χ2n) is 2.42. The number of halogens is 1. The fourth-order valence-corrected chi connectivity index (χ4v) is 0.838. The van der Waals surface area contributed by atoms with Crippen molar-refractivity contribution in [2.45, 2.75) is 13.5 Å². The average molecular weight is 155 g/mol. The normalized spacial score (nSPS) is 10.1. The summed E-state index contributed by atoms with van der Waals surface area (Å²) >= 11 is 0. The molecule has 0 radical (unpaired) electrons. The van der Waals surface area contributed by atoms with Crippen LogP contribution in [-0.2, 0) is 6.54 Å². The van der Waals surface area contributed by atoms with Crippen LogP contribution in [-0.4, -0.2) is 5.21 Å². The SMILES string of the molecule is Cc1ccc(CNO)cc1F. The molecular formula is C8H10FNO. The van der Waals surface area contributed by atoms with E-state index < -0.39 is 0 Å². The van der Waals surface area contributed by atoms with Crippen molar-refractivity contribution in [2.75, 3.05) is 0 Å². The first kappa shape index (κ1) is 8.17. The summed E-state index contributed by atoms with van der Waals surface area (Å²) in [6.07, 6.45) is 0. The van der Waals surface area contributed by atoms with Crippen molar-refractivity contribution < 1.29 is 9.60 Å². The first-order chi connectivity index (χ1) is 5.24. The van der Waals surface area contributed by atoms with Gasteiger partial charge in [-0.15, -0.1) is 0 Å². The van der Waals surface area contributed by atoms with E-state index >= 15 is 0 Å². The van der Waals surface area contributed by atoms with Gasteiger partial charge in [0.2, 0.25) is 0 Å². The Bertz CT molecular complexity index is 250. The van der Waals surface area contributed by atoms with Crippen LogP contribution in [0.2, 0.25) is 0 Å². The molecule has 0 amide bonds. The molecule has 0 aliphatic carbocycles. The second kappa shape index (κ2) is 3.46. The predicted molar refractivity (Wildman–Crippen MR) is 39.8 cm³/mol. The Hall–Kier alpha value is -0.930. The van der Waals surface area contributed by atoms with Gasteiger partial charge in [0, 0.05) is 6.54 Å². The van der Waals surface area contributed by atoms with Crippen LogP contribution in [0.15, 0.2) is 18.2 Å². The Kier molecular flexibility index (Phi) is 2.57. The topological polar surface area (TPSA) is 32.3 Å². The lowest BCUT2D eigenvalue weighted by Crippen LogP contribution is -2.06. The summed E-state index contributed by atoms with van der Waals surface area (Å²) in [5.74, 6) is -0.238. The Morgan fingerprint density at radius 2 is 2.27 bits per heavy atom. The summed E-state index contributed by atoms with van der Waals surface area (Å²) in [6, 6.07) is 4.85. The van der Waals surface area contributed by atoms with E-state index in [0.29, 0.717) is 5.56 Å². The number of nitrogens with one attached hydrogen (secondary N) is 1. The molecule has 11 heavy (non-hydrogen) atoms. The van der Waals surface area contributed by atoms with E-state index in [9.17, 15) is 4.39 Å². The van der Waals surface area contributed by atoms with E-state index in [1.165, 1.54) is 6.07 Å². The first-order valence-electron chi connectivity index (χ1n) is 3.36. The van der Waals surface area contributed by atoms with Gasteiger partial charge in [-0.25, -0.2) is 9.87 Å². The molecule has 3 heteroatoms. The molecule has 60 valence electrons. The maximum atomic E-state index is 12.8. The second-order valence-corrected chi connectivity index (χ2v) is 2.42. The molecule has 0 saturated carbocycles. The standard InChI is InChI=1S/C8H10FNO/c1-6-2-3-7(5-10-11)4-8(6)9/h2-4,10-11H,5H2,1H3. The van der Waals surface area contributed by atoms with Gasteiger partial charge in [-0.1, -0.05) is 12.1 Å². The molecule has 0 spiro atoms. The van der Waals surface area contributed by atoms with Gasteiger partial charge in [-0.2, -0.15) is 0 Å². The lowest BCUT2D eigenvalue weighted by atomic mass is 10.1. The first-order valence-corrected chi connectivity index (χ1v) is 3.36. The minimum Gasteiger partial charge on any atom is -0.316 e. The zero-order valence-corrected chi connectivity index (χ0v) is 6.26. The van der Waals surface area contributed by atoms with Gasteiger partial charge < -0.3 is 5.21 Å². The molecule has 1 aromatic carbocycles. The lowest BCUT2D eigenvalue weighted by Gasteiger charge is -2.00. The number of aryl methyl sites for hydroxylation is 1. The van der Waals surface area contributed by atoms with E-state index in [1.807, 2.05) is 5.48 Å². The Labute approximate surface area is 64.6 Å². The predicted octanol–water partition coefficient (Wildman–Crippen LogP) is 1.61. The molecule has 0 unspecified atom stereocenters. The summed E-state index contributed by atoms with van der Waals surface area (Å²) in [4.78, 5) is 0. The van der Waals surface area contributed by atoms with Crippen LogP contribution in [0.3, 0.4) is 0 Å². The highest BCUT2D eigenvalue weighted by Gasteiger charge is 1.97. The van der Waals surface area contributed by atoms with Gasteiger partial charge in [-0.05, 0) is 24.1 Å². The van der Waals surface area contributed by atoms with Crippen LogP contribution in [0.4, 0.5) is 4.39 Å². The monoisotopic (exact) mass is 155 g/mol. The molecule has 0 bridgehead atoms. The Balaban J connectivity index is 2.86. The fraction of sp³-hybridized carbons (Fsp3) is 0.250. The van der Waals surface area contributed by atoms with Crippen LogP contribution in [0.25, 0.3) is 0 Å². The summed E-state index contributed by atoms with van der Waals surface area (Å²) in [5, 5.41) is 8.31. The van der Waals surface area contributed by atoms with Crippen LogP contribution >= 0.6 is 0 Å². The molecule has 0 heterocycles. The molecule has 0 aromatic heterocycles. The van der Waals surface area contributed by atoms with Gasteiger partial charge in [-0.3, -0.25) is 0 Å². The highest BCUT2D eigenvalue weighted by molar-refractivity contribution is 5.22. The van der Waals surface area contributed by atoms with Crippen molar-refractivity contribution >= 4 is 0 Å². The van der Waals surface area contributed by atoms with Crippen LogP contribution < -0.4 is 5.48 Å². The quantitative estimate of drug-likeness (QED) is 0.636. The van der Waals surface area contributed by atoms with Crippen molar-refractivity contribution in [2.24, 2.45) is 0 Å². The molecule has 0 aliphatic rings. The summed E-state index contributed by atoms with van der Waals surface area (Å²) in [7, 11) is 0. The summed E-state index contributed by atoms with van der Waals surface area (Å²) < 4.78 is 12.8. The number of hydroxylamine groups is 1. The third-order valence-electron chi connectivity index (χ3n) is 1.52. The molecule has 0 fully saturated rings. The van der Waals surface area contributed by atoms with Crippen molar-refractivity contribution in [3.05, 3.63) is 35.1 Å². The largest absolute Gasteiger partial charge is 0.316 e. The maximum absolute atomic E-state index is 12.8. The van der Waals surface area contributed by atoms with Crippen molar-refractivity contribution in [1.29, 1.82) is 0 Å². The smallest absolute Gasteiger partial charge is 0.126 e. The van der Waals surface area contributed by atoms with Crippen LogP contribution in [0, 0.1) is 12.7 Å². The summed E-state index contributed by atoms with van der Waals surface area (Å²) in [5.41, 5.74) is 3.31. The lowest BCUT2D eigenvalue weighted by molar-refractivity contribution is 0.161. The Morgan fingerprint density at radius 1 is 1.55 bits per heavy atom. The number of benzene rings is 1. The van der Waals surface area contributed by atoms with Gasteiger partial charge in [0.1, 0.15) is 5.82 Å². The van der Waals surface area contributed by atoms with E-state index in [2.05, 4.69) is 0 Å². The Morgan fingerprint density at radius 3 is 2.82 bits per heavy atom.